The lowest BCUT2D eigenvalue weighted by atomic mass is 10.1. The Kier molecular flexibility index (Phi) is 7.24. The minimum atomic E-state index is -2.85. The van der Waals surface area contributed by atoms with Crippen LogP contribution in [0, 0.1) is 11.3 Å². The maximum absolute atomic E-state index is 13.1. The zero-order valence-electron chi connectivity index (χ0n) is 21.5. The molecule has 1 unspecified atom stereocenters. The number of halogens is 2. The molecule has 0 saturated heterocycles. The van der Waals surface area contributed by atoms with Gasteiger partial charge in [0.05, 0.1) is 30.9 Å². The molecule has 1 saturated carbocycles. The molecule has 2 atom stereocenters. The first-order valence-electron chi connectivity index (χ1n) is 12.2. The second-order valence-electron chi connectivity index (χ2n) is 9.20. The van der Waals surface area contributed by atoms with E-state index in [9.17, 15) is 18.8 Å². The number of methoxy groups -OCH3 is 1. The number of carbonyl (C=O) groups is 1. The molecule has 2 aromatic carbocycles. The van der Waals surface area contributed by atoms with Crippen molar-refractivity contribution in [3.63, 3.8) is 0 Å². The van der Waals surface area contributed by atoms with Crippen LogP contribution in [0.15, 0.2) is 61.4 Å². The zero-order valence-corrected chi connectivity index (χ0v) is 21.5. The molecule has 40 heavy (non-hydrogen) atoms. The quantitative estimate of drug-likeness (QED) is 0.302. The summed E-state index contributed by atoms with van der Waals surface area (Å²) in [6.07, 6.45) is 5.63. The summed E-state index contributed by atoms with van der Waals surface area (Å²) in [6.45, 7) is 2.34. The van der Waals surface area contributed by atoms with Gasteiger partial charge in [0.2, 0.25) is 5.95 Å². The fraction of sp³-hybridized carbons (Fsp3) is 0.259. The molecule has 1 fully saturated rings. The van der Waals surface area contributed by atoms with E-state index in [1.54, 1.807) is 47.7 Å². The number of hydrogen-bond acceptors (Lipinski definition) is 9. The fourth-order valence-electron chi connectivity index (χ4n) is 3.95. The Bertz CT molecular complexity index is 1560. The van der Waals surface area contributed by atoms with Crippen molar-refractivity contribution >= 4 is 17.5 Å². The molecule has 0 radical (unpaired) electrons. The number of hydrogen-bond donors (Lipinski definition) is 2. The number of amides is 1. The van der Waals surface area contributed by atoms with Crippen molar-refractivity contribution in [2.24, 2.45) is 0 Å². The molecule has 204 valence electrons. The highest BCUT2D eigenvalue weighted by molar-refractivity contribution is 5.96. The predicted octanol–water partition coefficient (Wildman–Crippen LogP) is 3.96. The SMILES string of the molecule is COc1cc(C(=O)NC2CC2(F)F)ccc1Nc1ncc(-c2ccc(C#N)c(O[C@@H](C)Cn3cncn3)c2)cn1. The normalized spacial score (nSPS) is 15.9. The van der Waals surface area contributed by atoms with Gasteiger partial charge < -0.3 is 20.1 Å². The Balaban J connectivity index is 1.27. The molecule has 4 aromatic rings. The van der Waals surface area contributed by atoms with Crippen LogP contribution < -0.4 is 20.1 Å². The number of benzene rings is 2. The molecule has 13 heteroatoms. The number of anilines is 2. The monoisotopic (exact) mass is 546 g/mol. The van der Waals surface area contributed by atoms with E-state index in [-0.39, 0.29) is 24.0 Å². The number of ether oxygens (including phenoxy) is 2. The third-order valence-corrected chi connectivity index (χ3v) is 6.17. The Morgan fingerprint density at radius 1 is 1.20 bits per heavy atom. The van der Waals surface area contributed by atoms with E-state index >= 15 is 0 Å². The third kappa shape index (κ3) is 5.96. The van der Waals surface area contributed by atoms with E-state index in [2.05, 4.69) is 36.8 Å². The molecule has 2 N–H and O–H groups in total. The molecule has 2 heterocycles. The summed E-state index contributed by atoms with van der Waals surface area (Å²) in [6, 6.07) is 10.7. The van der Waals surface area contributed by atoms with Crippen LogP contribution in [0.25, 0.3) is 11.1 Å². The minimum absolute atomic E-state index is 0.191. The first kappa shape index (κ1) is 26.5. The molecule has 0 aliphatic heterocycles. The van der Waals surface area contributed by atoms with Gasteiger partial charge in [-0.25, -0.2) is 28.4 Å². The van der Waals surface area contributed by atoms with E-state index < -0.39 is 17.9 Å². The van der Waals surface area contributed by atoms with Crippen molar-refractivity contribution in [3.05, 3.63) is 72.6 Å². The largest absolute Gasteiger partial charge is 0.495 e. The number of nitrogens with zero attached hydrogens (tertiary/aromatic N) is 6. The highest BCUT2D eigenvalue weighted by atomic mass is 19.3. The lowest BCUT2D eigenvalue weighted by Crippen LogP contribution is -2.29. The van der Waals surface area contributed by atoms with Gasteiger partial charge in [0.25, 0.3) is 11.8 Å². The van der Waals surface area contributed by atoms with E-state index in [1.807, 2.05) is 6.92 Å². The molecular weight excluding hydrogens is 522 g/mol. The number of rotatable bonds is 10. The fourth-order valence-corrected chi connectivity index (χ4v) is 3.95. The lowest BCUT2D eigenvalue weighted by molar-refractivity contribution is 0.0849. The van der Waals surface area contributed by atoms with Gasteiger partial charge in [-0.15, -0.1) is 0 Å². The van der Waals surface area contributed by atoms with Gasteiger partial charge in [0.15, 0.2) is 0 Å². The number of nitrogens with one attached hydrogen (secondary N) is 2. The van der Waals surface area contributed by atoms with Gasteiger partial charge in [-0.05, 0) is 42.8 Å². The van der Waals surface area contributed by atoms with Crippen molar-refractivity contribution in [3.8, 4) is 28.7 Å². The van der Waals surface area contributed by atoms with Crippen LogP contribution in [0.4, 0.5) is 20.4 Å². The predicted molar refractivity (Wildman–Crippen MR) is 139 cm³/mol. The van der Waals surface area contributed by atoms with Crippen LogP contribution in [-0.4, -0.2) is 55.8 Å². The van der Waals surface area contributed by atoms with Crippen LogP contribution >= 0.6 is 0 Å². The van der Waals surface area contributed by atoms with Gasteiger partial charge in [-0.2, -0.15) is 10.4 Å². The number of carbonyl (C=O) groups excluding carboxylic acids is 1. The average Bonchev–Trinajstić information content (AvgIpc) is 3.28. The van der Waals surface area contributed by atoms with Crippen LogP contribution in [0.5, 0.6) is 11.5 Å². The maximum Gasteiger partial charge on any atom is 0.270 e. The van der Waals surface area contributed by atoms with Crippen LogP contribution in [0.1, 0.15) is 29.3 Å². The Morgan fingerprint density at radius 3 is 2.62 bits per heavy atom. The molecule has 2 aromatic heterocycles. The number of aromatic nitrogens is 5. The first-order chi connectivity index (χ1) is 19.3. The van der Waals surface area contributed by atoms with Gasteiger partial charge in [-0.3, -0.25) is 4.79 Å². The summed E-state index contributed by atoms with van der Waals surface area (Å²) in [5.41, 5.74) is 2.51. The summed E-state index contributed by atoms with van der Waals surface area (Å²) in [5.74, 6) is -2.45. The second-order valence-corrected chi connectivity index (χ2v) is 9.20. The van der Waals surface area contributed by atoms with E-state index in [0.717, 1.165) is 5.56 Å². The highest BCUT2D eigenvalue weighted by Gasteiger charge is 2.57. The minimum Gasteiger partial charge on any atom is -0.495 e. The van der Waals surface area contributed by atoms with Gasteiger partial charge in [-0.1, -0.05) is 6.07 Å². The van der Waals surface area contributed by atoms with Crippen LogP contribution in [-0.2, 0) is 6.54 Å². The Hall–Kier alpha value is -5.12. The highest BCUT2D eigenvalue weighted by Crippen LogP contribution is 2.42. The molecule has 11 nitrogen and oxygen atoms in total. The molecule has 0 spiro atoms. The van der Waals surface area contributed by atoms with Crippen molar-refractivity contribution < 1.29 is 23.0 Å². The smallest absolute Gasteiger partial charge is 0.270 e. The van der Waals surface area contributed by atoms with Crippen molar-refractivity contribution in [2.75, 3.05) is 12.4 Å². The molecule has 1 aliphatic carbocycles. The number of nitriles is 1. The third-order valence-electron chi connectivity index (χ3n) is 6.17. The summed E-state index contributed by atoms with van der Waals surface area (Å²) in [7, 11) is 1.43. The zero-order chi connectivity index (χ0) is 28.3. The topological polar surface area (TPSA) is 140 Å². The standard InChI is InChI=1S/C27H24F2N8O3/c1-16(13-37-15-31-14-34-37)40-22-7-17(3-4-19(22)10-30)20-11-32-26(33-12-20)35-21-6-5-18(8-23(21)39-2)25(38)36-24-9-27(24,28)29/h3-8,11-12,14-16,24H,9,13H2,1-2H3,(H,36,38)(H,32,33,35)/t16-,24?/m0/s1. The van der Waals surface area contributed by atoms with Crippen LogP contribution in [0.3, 0.4) is 0 Å². The average molecular weight is 547 g/mol. The molecular formula is C27H24F2N8O3. The molecule has 5 rings (SSSR count). The maximum atomic E-state index is 13.1. The van der Waals surface area contributed by atoms with Crippen molar-refractivity contribution in [1.29, 1.82) is 5.26 Å². The van der Waals surface area contributed by atoms with Gasteiger partial charge >= 0.3 is 0 Å². The lowest BCUT2D eigenvalue weighted by Gasteiger charge is -2.16. The molecule has 0 bridgehead atoms. The molecule has 1 amide bonds. The van der Waals surface area contributed by atoms with E-state index in [0.29, 0.717) is 34.9 Å². The second kappa shape index (κ2) is 10.9. The summed E-state index contributed by atoms with van der Waals surface area (Å²) < 4.78 is 39.3. The summed E-state index contributed by atoms with van der Waals surface area (Å²) >= 11 is 0. The summed E-state index contributed by atoms with van der Waals surface area (Å²) in [5, 5.41) is 18.9. The molecule has 1 aliphatic rings. The van der Waals surface area contributed by atoms with E-state index in [4.69, 9.17) is 9.47 Å². The summed E-state index contributed by atoms with van der Waals surface area (Å²) in [4.78, 5) is 25.0. The Morgan fingerprint density at radius 2 is 1.98 bits per heavy atom. The number of alkyl halides is 2. The van der Waals surface area contributed by atoms with Crippen LogP contribution in [0.2, 0.25) is 0 Å². The first-order valence-corrected chi connectivity index (χ1v) is 12.2. The van der Waals surface area contributed by atoms with Crippen molar-refractivity contribution in [2.45, 2.75) is 38.0 Å². The van der Waals surface area contributed by atoms with E-state index in [1.165, 1.54) is 25.6 Å². The van der Waals surface area contributed by atoms with Crippen molar-refractivity contribution in [1.82, 2.24) is 30.0 Å². The Labute approximate surface area is 227 Å². The van der Waals surface area contributed by atoms with Gasteiger partial charge in [0.1, 0.15) is 36.3 Å². The van der Waals surface area contributed by atoms with Gasteiger partial charge in [0, 0.05) is 29.9 Å².